The van der Waals surface area contributed by atoms with E-state index in [1.165, 1.54) is 51.4 Å². The standard InChI is InChI=1S/C19H35NO5.Na/c1-2-3-4-5-6-7-8-9-10-11-12-13-17(21)20-16(19(24)25)14-15-18(22)23;/h16H,2-15H2,1H3,(H,20,21)(H,22,23)(H,24,25);/q;+1/t16-;/m0./s1. The van der Waals surface area contributed by atoms with Crippen LogP contribution in [0.3, 0.4) is 0 Å². The zero-order chi connectivity index (χ0) is 18.9. The number of carbonyl (C=O) groups is 3. The van der Waals surface area contributed by atoms with Crippen LogP contribution in [-0.4, -0.2) is 34.1 Å². The summed E-state index contributed by atoms with van der Waals surface area (Å²) in [4.78, 5) is 33.2. The minimum Gasteiger partial charge on any atom is -0.481 e. The first-order chi connectivity index (χ1) is 12.0. The SMILES string of the molecule is CCCCCCCCCCCCCC(=O)N[C@@H](CCC(=O)O)C(=O)O.[Na+]. The molecule has 146 valence electrons. The van der Waals surface area contributed by atoms with Gasteiger partial charge in [0.05, 0.1) is 0 Å². The average Bonchev–Trinajstić information content (AvgIpc) is 2.56. The molecule has 0 aromatic carbocycles. The second-order valence-corrected chi connectivity index (χ2v) is 6.68. The third-order valence-corrected chi connectivity index (χ3v) is 4.29. The Morgan fingerprint density at radius 1 is 0.769 bits per heavy atom. The number of hydrogen-bond donors (Lipinski definition) is 3. The first-order valence-electron chi connectivity index (χ1n) is 9.71. The Bertz CT molecular complexity index is 390. The van der Waals surface area contributed by atoms with Gasteiger partial charge in [-0.2, -0.15) is 0 Å². The van der Waals surface area contributed by atoms with Crippen molar-refractivity contribution in [2.45, 2.75) is 103 Å². The van der Waals surface area contributed by atoms with Crippen molar-refractivity contribution >= 4 is 17.8 Å². The minimum atomic E-state index is -1.19. The van der Waals surface area contributed by atoms with Crippen molar-refractivity contribution in [3.63, 3.8) is 0 Å². The molecule has 1 atom stereocenters. The predicted molar refractivity (Wildman–Crippen MR) is 97.5 cm³/mol. The fraction of sp³-hybridized carbons (Fsp3) is 0.842. The van der Waals surface area contributed by atoms with Crippen molar-refractivity contribution in [1.82, 2.24) is 5.32 Å². The molecule has 26 heavy (non-hydrogen) atoms. The van der Waals surface area contributed by atoms with Gasteiger partial charge >= 0.3 is 41.5 Å². The number of aliphatic carboxylic acids is 2. The number of hydrogen-bond acceptors (Lipinski definition) is 3. The number of nitrogens with one attached hydrogen (secondary N) is 1. The van der Waals surface area contributed by atoms with E-state index in [0.717, 1.165) is 19.3 Å². The third-order valence-electron chi connectivity index (χ3n) is 4.29. The van der Waals surface area contributed by atoms with Crippen LogP contribution < -0.4 is 34.9 Å². The van der Waals surface area contributed by atoms with E-state index in [9.17, 15) is 14.4 Å². The summed E-state index contributed by atoms with van der Waals surface area (Å²) in [5, 5.41) is 20.0. The summed E-state index contributed by atoms with van der Waals surface area (Å²) < 4.78 is 0. The molecule has 3 N–H and O–H groups in total. The summed E-state index contributed by atoms with van der Waals surface area (Å²) in [6.07, 6.45) is 13.1. The summed E-state index contributed by atoms with van der Waals surface area (Å²) in [5.41, 5.74) is 0. The number of carbonyl (C=O) groups excluding carboxylic acids is 1. The van der Waals surface area contributed by atoms with Crippen LogP contribution in [0.25, 0.3) is 0 Å². The van der Waals surface area contributed by atoms with Gasteiger partial charge in [-0.1, -0.05) is 71.1 Å². The molecule has 0 saturated heterocycles. The van der Waals surface area contributed by atoms with Crippen LogP contribution in [0, 0.1) is 0 Å². The molecular formula is C19H35NNaO5+. The Labute approximate surface area is 179 Å². The first kappa shape index (κ1) is 27.6. The molecule has 7 heteroatoms. The summed E-state index contributed by atoms with van der Waals surface area (Å²) in [6, 6.07) is -1.11. The van der Waals surface area contributed by atoms with Crippen LogP contribution in [0.4, 0.5) is 0 Å². The van der Waals surface area contributed by atoms with Crippen molar-refractivity contribution in [2.75, 3.05) is 0 Å². The van der Waals surface area contributed by atoms with Crippen molar-refractivity contribution in [3.05, 3.63) is 0 Å². The average molecular weight is 380 g/mol. The van der Waals surface area contributed by atoms with E-state index in [2.05, 4.69) is 12.2 Å². The molecule has 0 rings (SSSR count). The number of carboxylic acids is 2. The second kappa shape index (κ2) is 19.2. The number of unbranched alkanes of at least 4 members (excludes halogenated alkanes) is 10. The minimum absolute atomic E-state index is 0. The Morgan fingerprint density at radius 3 is 1.65 bits per heavy atom. The number of rotatable bonds is 17. The van der Waals surface area contributed by atoms with Gasteiger partial charge in [0.1, 0.15) is 6.04 Å². The van der Waals surface area contributed by atoms with Crippen molar-refractivity contribution in [2.24, 2.45) is 0 Å². The molecule has 0 spiro atoms. The second-order valence-electron chi connectivity index (χ2n) is 6.68. The molecule has 0 aliphatic rings. The molecule has 6 nitrogen and oxygen atoms in total. The summed E-state index contributed by atoms with van der Waals surface area (Å²) in [7, 11) is 0. The predicted octanol–water partition coefficient (Wildman–Crippen LogP) is 1.13. The molecule has 0 aliphatic carbocycles. The van der Waals surface area contributed by atoms with Gasteiger partial charge in [-0.3, -0.25) is 9.59 Å². The topological polar surface area (TPSA) is 104 Å². The van der Waals surface area contributed by atoms with Crippen LogP contribution in [-0.2, 0) is 14.4 Å². The number of carboxylic acid groups (broad SMARTS) is 2. The van der Waals surface area contributed by atoms with E-state index in [0.29, 0.717) is 6.42 Å². The Balaban J connectivity index is 0. The zero-order valence-electron chi connectivity index (χ0n) is 16.6. The Morgan fingerprint density at radius 2 is 1.23 bits per heavy atom. The molecule has 0 aromatic rings. The van der Waals surface area contributed by atoms with Gasteiger partial charge in [0.2, 0.25) is 5.91 Å². The van der Waals surface area contributed by atoms with E-state index >= 15 is 0 Å². The van der Waals surface area contributed by atoms with Crippen LogP contribution >= 0.6 is 0 Å². The smallest absolute Gasteiger partial charge is 0.481 e. The summed E-state index contributed by atoms with van der Waals surface area (Å²) >= 11 is 0. The van der Waals surface area contributed by atoms with Crippen LogP contribution in [0.5, 0.6) is 0 Å². The first-order valence-corrected chi connectivity index (χ1v) is 9.71. The maximum atomic E-state index is 11.7. The molecule has 0 saturated carbocycles. The number of amides is 1. The Kier molecular flexibility index (Phi) is 20.4. The molecule has 0 aliphatic heterocycles. The Hall–Kier alpha value is -0.590. The molecule has 1 amide bonds. The van der Waals surface area contributed by atoms with E-state index in [4.69, 9.17) is 10.2 Å². The maximum Gasteiger partial charge on any atom is 1.00 e. The molecule has 0 fully saturated rings. The van der Waals surface area contributed by atoms with E-state index < -0.39 is 18.0 Å². The molecule has 0 radical (unpaired) electrons. The molecular weight excluding hydrogens is 345 g/mol. The quantitative estimate of drug-likeness (QED) is 0.259. The molecule has 0 heterocycles. The third kappa shape index (κ3) is 18.2. The maximum absolute atomic E-state index is 11.7. The van der Waals surface area contributed by atoms with Crippen molar-refractivity contribution in [3.8, 4) is 0 Å². The largest absolute Gasteiger partial charge is 1.00 e. The van der Waals surface area contributed by atoms with E-state index in [1.54, 1.807) is 0 Å². The van der Waals surface area contributed by atoms with Crippen molar-refractivity contribution < 1.29 is 54.2 Å². The van der Waals surface area contributed by atoms with Gasteiger partial charge in [-0.15, -0.1) is 0 Å². The van der Waals surface area contributed by atoms with Gasteiger partial charge in [-0.25, -0.2) is 4.79 Å². The van der Waals surface area contributed by atoms with Gasteiger partial charge in [0.25, 0.3) is 0 Å². The van der Waals surface area contributed by atoms with Crippen LogP contribution in [0.15, 0.2) is 0 Å². The van der Waals surface area contributed by atoms with Gasteiger partial charge < -0.3 is 15.5 Å². The van der Waals surface area contributed by atoms with Crippen LogP contribution in [0.1, 0.15) is 96.8 Å². The van der Waals surface area contributed by atoms with E-state index in [-0.39, 0.29) is 48.3 Å². The monoisotopic (exact) mass is 380 g/mol. The molecule has 0 bridgehead atoms. The van der Waals surface area contributed by atoms with Gasteiger partial charge in [0, 0.05) is 12.8 Å². The van der Waals surface area contributed by atoms with Gasteiger partial charge in [0.15, 0.2) is 0 Å². The van der Waals surface area contributed by atoms with E-state index in [1.807, 2.05) is 0 Å². The zero-order valence-corrected chi connectivity index (χ0v) is 18.6. The van der Waals surface area contributed by atoms with Crippen LogP contribution in [0.2, 0.25) is 0 Å². The summed E-state index contributed by atoms with van der Waals surface area (Å²) in [6.45, 7) is 2.22. The normalized spacial score (nSPS) is 11.4. The molecule has 0 aromatic heterocycles. The summed E-state index contributed by atoms with van der Waals surface area (Å²) in [5.74, 6) is -2.56. The fourth-order valence-corrected chi connectivity index (χ4v) is 2.74. The van der Waals surface area contributed by atoms with Gasteiger partial charge in [-0.05, 0) is 12.8 Å². The molecule has 0 unspecified atom stereocenters. The fourth-order valence-electron chi connectivity index (χ4n) is 2.74. The van der Waals surface area contributed by atoms with Crippen molar-refractivity contribution in [1.29, 1.82) is 0 Å².